The van der Waals surface area contributed by atoms with Crippen LogP contribution >= 0.6 is 0 Å². The first kappa shape index (κ1) is 24.7. The summed E-state index contributed by atoms with van der Waals surface area (Å²) in [6.45, 7) is -0.177. The number of hydrogen-bond acceptors (Lipinski definition) is 8. The van der Waals surface area contributed by atoms with E-state index in [-0.39, 0.29) is 12.4 Å². The fourth-order valence-corrected chi connectivity index (χ4v) is 4.22. The largest absolute Gasteiger partial charge is 0.507 e. The van der Waals surface area contributed by atoms with Crippen LogP contribution in [0.2, 0.25) is 0 Å². The molecule has 1 saturated heterocycles. The zero-order chi connectivity index (χ0) is 24.9. The molecule has 1 fully saturated rings. The summed E-state index contributed by atoms with van der Waals surface area (Å²) in [5.41, 5.74) is 3.83. The molecular formula is C27H30O8. The standard InChI is InChI=1S/C27H30O8/c1-30-19-9-7-16(8-10-19)5-6-17-11-20(29)25(21(12-17)31-2)26-22(32-3)13-18(14-23(26)33-4)27-24(15-28)34-35-27/h7-14,24,27-29H,5-6,15H2,1-4H3/t24-,27-/m0/s1. The lowest BCUT2D eigenvalue weighted by Crippen LogP contribution is -2.38. The molecule has 0 amide bonds. The number of hydrogen-bond donors (Lipinski definition) is 2. The molecule has 2 atom stereocenters. The maximum absolute atomic E-state index is 11.1. The molecule has 3 aromatic carbocycles. The van der Waals surface area contributed by atoms with Crippen molar-refractivity contribution in [1.29, 1.82) is 0 Å². The maximum Gasteiger partial charge on any atom is 0.150 e. The van der Waals surface area contributed by atoms with Crippen LogP contribution in [0, 0.1) is 0 Å². The summed E-state index contributed by atoms with van der Waals surface area (Å²) in [7, 11) is 6.28. The van der Waals surface area contributed by atoms with Crippen LogP contribution in [0.5, 0.6) is 28.7 Å². The lowest BCUT2D eigenvalue weighted by molar-refractivity contribution is -0.473. The van der Waals surface area contributed by atoms with Crippen molar-refractivity contribution < 1.29 is 38.9 Å². The van der Waals surface area contributed by atoms with Gasteiger partial charge in [0.25, 0.3) is 0 Å². The topological polar surface area (TPSA) is 95.8 Å². The Labute approximate surface area is 204 Å². The van der Waals surface area contributed by atoms with E-state index in [1.54, 1.807) is 32.4 Å². The maximum atomic E-state index is 11.1. The number of aryl methyl sites for hydroxylation is 2. The van der Waals surface area contributed by atoms with Crippen molar-refractivity contribution in [3.05, 3.63) is 65.2 Å². The van der Waals surface area contributed by atoms with Crippen LogP contribution in [0.25, 0.3) is 11.1 Å². The first-order valence-corrected chi connectivity index (χ1v) is 11.2. The summed E-state index contributed by atoms with van der Waals surface area (Å²) in [5, 5.41) is 20.5. The first-order valence-electron chi connectivity index (χ1n) is 11.2. The Morgan fingerprint density at radius 2 is 1.31 bits per heavy atom. The molecule has 0 saturated carbocycles. The lowest BCUT2D eigenvalue weighted by atomic mass is 9.94. The second-order valence-corrected chi connectivity index (χ2v) is 8.17. The van der Waals surface area contributed by atoms with E-state index in [1.807, 2.05) is 30.3 Å². The number of phenols is 1. The highest BCUT2D eigenvalue weighted by atomic mass is 17.2. The van der Waals surface area contributed by atoms with Crippen LogP contribution in [-0.2, 0) is 22.6 Å². The minimum absolute atomic E-state index is 0.0508. The molecule has 186 valence electrons. The lowest BCUT2D eigenvalue weighted by Gasteiger charge is -2.34. The number of benzene rings is 3. The molecule has 0 spiro atoms. The minimum Gasteiger partial charge on any atom is -0.507 e. The highest BCUT2D eigenvalue weighted by Gasteiger charge is 2.37. The van der Waals surface area contributed by atoms with E-state index < -0.39 is 12.2 Å². The molecular weight excluding hydrogens is 452 g/mol. The number of aliphatic hydroxyl groups excluding tert-OH is 1. The summed E-state index contributed by atoms with van der Waals surface area (Å²) >= 11 is 0. The molecule has 1 heterocycles. The van der Waals surface area contributed by atoms with Gasteiger partial charge in [-0.1, -0.05) is 12.1 Å². The Kier molecular flexibility index (Phi) is 7.65. The number of aromatic hydroxyl groups is 1. The van der Waals surface area contributed by atoms with Crippen molar-refractivity contribution in [3.8, 4) is 39.9 Å². The molecule has 4 rings (SSSR count). The Morgan fingerprint density at radius 1 is 0.714 bits per heavy atom. The Balaban J connectivity index is 1.68. The van der Waals surface area contributed by atoms with Gasteiger partial charge in [-0.2, -0.15) is 0 Å². The predicted octanol–water partition coefficient (Wildman–Crippen LogP) is 4.24. The summed E-state index contributed by atoms with van der Waals surface area (Å²) in [5.74, 6) is 2.29. The first-order chi connectivity index (χ1) is 17.0. The van der Waals surface area contributed by atoms with Crippen LogP contribution in [0.1, 0.15) is 22.8 Å². The molecule has 1 aliphatic heterocycles. The van der Waals surface area contributed by atoms with Crippen LogP contribution < -0.4 is 18.9 Å². The van der Waals surface area contributed by atoms with E-state index in [4.69, 9.17) is 28.7 Å². The SMILES string of the molecule is COc1ccc(CCc2cc(O)c(-c3c(OC)cc([C@@H]4OO[C@H]4CO)cc3OC)c(OC)c2)cc1. The van der Waals surface area contributed by atoms with Crippen LogP contribution in [-0.4, -0.2) is 51.4 Å². The number of rotatable bonds is 10. The number of ether oxygens (including phenoxy) is 4. The molecule has 2 N–H and O–H groups in total. The smallest absolute Gasteiger partial charge is 0.150 e. The predicted molar refractivity (Wildman–Crippen MR) is 129 cm³/mol. The molecule has 0 radical (unpaired) electrons. The summed E-state index contributed by atoms with van der Waals surface area (Å²) in [6.07, 6.45) is 0.587. The fraction of sp³-hybridized carbons (Fsp3) is 0.333. The van der Waals surface area contributed by atoms with Gasteiger partial charge in [-0.15, -0.1) is 0 Å². The molecule has 1 aliphatic rings. The van der Waals surface area contributed by atoms with E-state index in [0.717, 1.165) is 28.9 Å². The van der Waals surface area contributed by atoms with E-state index in [0.29, 0.717) is 34.8 Å². The molecule has 0 aromatic heterocycles. The zero-order valence-corrected chi connectivity index (χ0v) is 20.2. The molecule has 0 aliphatic carbocycles. The van der Waals surface area contributed by atoms with Gasteiger partial charge in [0.15, 0.2) is 0 Å². The van der Waals surface area contributed by atoms with Crippen molar-refractivity contribution >= 4 is 0 Å². The van der Waals surface area contributed by atoms with Gasteiger partial charge in [-0.05, 0) is 65.9 Å². The van der Waals surface area contributed by atoms with Gasteiger partial charge in [-0.25, -0.2) is 9.78 Å². The molecule has 8 nitrogen and oxygen atoms in total. The third-order valence-corrected chi connectivity index (χ3v) is 6.13. The molecule has 3 aromatic rings. The van der Waals surface area contributed by atoms with Crippen LogP contribution in [0.4, 0.5) is 0 Å². The van der Waals surface area contributed by atoms with E-state index in [9.17, 15) is 10.2 Å². The highest BCUT2D eigenvalue weighted by Crippen LogP contribution is 2.50. The number of aliphatic hydroxyl groups is 1. The summed E-state index contributed by atoms with van der Waals surface area (Å²) in [4.78, 5) is 10.1. The van der Waals surface area contributed by atoms with Gasteiger partial charge in [-0.3, -0.25) is 0 Å². The van der Waals surface area contributed by atoms with Crippen molar-refractivity contribution in [1.82, 2.24) is 0 Å². The monoisotopic (exact) mass is 482 g/mol. The van der Waals surface area contributed by atoms with E-state index >= 15 is 0 Å². The average Bonchev–Trinajstić information content (AvgIpc) is 2.86. The van der Waals surface area contributed by atoms with Gasteiger partial charge in [0, 0.05) is 0 Å². The third kappa shape index (κ3) is 5.00. The van der Waals surface area contributed by atoms with E-state index in [2.05, 4.69) is 0 Å². The van der Waals surface area contributed by atoms with Gasteiger partial charge < -0.3 is 29.2 Å². The second-order valence-electron chi connectivity index (χ2n) is 8.17. The summed E-state index contributed by atoms with van der Waals surface area (Å²) < 4.78 is 22.2. The van der Waals surface area contributed by atoms with Gasteiger partial charge >= 0.3 is 0 Å². The fourth-order valence-electron chi connectivity index (χ4n) is 4.22. The van der Waals surface area contributed by atoms with Crippen LogP contribution in [0.3, 0.4) is 0 Å². The van der Waals surface area contributed by atoms with Crippen molar-refractivity contribution in [2.45, 2.75) is 25.0 Å². The summed E-state index contributed by atoms with van der Waals surface area (Å²) in [6, 6.07) is 15.1. The Hall–Kier alpha value is -3.46. The van der Waals surface area contributed by atoms with Crippen molar-refractivity contribution in [2.75, 3.05) is 35.0 Å². The van der Waals surface area contributed by atoms with Crippen LogP contribution in [0.15, 0.2) is 48.5 Å². The molecule has 0 bridgehead atoms. The Bertz CT molecular complexity index is 1130. The van der Waals surface area contributed by atoms with Crippen molar-refractivity contribution in [2.24, 2.45) is 0 Å². The molecule has 0 unspecified atom stereocenters. The molecule has 35 heavy (non-hydrogen) atoms. The minimum atomic E-state index is -0.469. The Morgan fingerprint density at radius 3 is 1.83 bits per heavy atom. The average molecular weight is 483 g/mol. The highest BCUT2D eigenvalue weighted by molar-refractivity contribution is 5.86. The van der Waals surface area contributed by atoms with Gasteiger partial charge in [0.2, 0.25) is 0 Å². The quantitative estimate of drug-likeness (QED) is 0.414. The van der Waals surface area contributed by atoms with Gasteiger partial charge in [0.05, 0.1) is 46.2 Å². The third-order valence-electron chi connectivity index (χ3n) is 6.13. The molecule has 8 heteroatoms. The zero-order valence-electron chi connectivity index (χ0n) is 20.2. The van der Waals surface area contributed by atoms with E-state index in [1.165, 1.54) is 14.2 Å². The van der Waals surface area contributed by atoms with Gasteiger partial charge in [0.1, 0.15) is 41.0 Å². The normalized spacial score (nSPS) is 16.9. The number of methoxy groups -OCH3 is 4. The second kappa shape index (κ2) is 10.9. The number of phenolic OH excluding ortho intramolecular Hbond substituents is 1. The van der Waals surface area contributed by atoms with Crippen molar-refractivity contribution in [3.63, 3.8) is 0 Å².